The molecule has 1 aromatic carbocycles. The summed E-state index contributed by atoms with van der Waals surface area (Å²) in [4.78, 5) is 4.50. The normalized spacial score (nSPS) is 11.9. The van der Waals surface area contributed by atoms with Gasteiger partial charge in [-0.2, -0.15) is 0 Å². The third-order valence-corrected chi connectivity index (χ3v) is 5.29. The lowest BCUT2D eigenvalue weighted by Gasteiger charge is -2.11. The lowest BCUT2D eigenvalue weighted by Crippen LogP contribution is -2.22. The third-order valence-electron chi connectivity index (χ3n) is 2.82. The van der Waals surface area contributed by atoms with Crippen molar-refractivity contribution >= 4 is 21.4 Å². The molecule has 108 valence electrons. The molecule has 0 amide bonds. The highest BCUT2D eigenvalue weighted by Gasteiger charge is 2.16. The minimum atomic E-state index is -3.35. The van der Waals surface area contributed by atoms with Gasteiger partial charge in [-0.25, -0.2) is 17.7 Å². The molecule has 0 aliphatic carbocycles. The molecule has 0 saturated heterocycles. The standard InChI is InChI=1S/C13H17N3O2S2/c1-16(2)20(17,18)13-5-3-11(4-6-13)7-14-8-12-9-19-10-15-12/h3-6,9-10,14H,7-8H2,1-2H3. The Balaban J connectivity index is 1.95. The number of nitrogens with zero attached hydrogens (tertiary/aromatic N) is 2. The van der Waals surface area contributed by atoms with Gasteiger partial charge in [-0.3, -0.25) is 0 Å². The van der Waals surface area contributed by atoms with Gasteiger partial charge in [-0.05, 0) is 17.7 Å². The van der Waals surface area contributed by atoms with Crippen molar-refractivity contribution in [1.29, 1.82) is 0 Å². The minimum Gasteiger partial charge on any atom is -0.307 e. The van der Waals surface area contributed by atoms with Crippen molar-refractivity contribution in [2.45, 2.75) is 18.0 Å². The van der Waals surface area contributed by atoms with Gasteiger partial charge in [-0.15, -0.1) is 11.3 Å². The molecule has 0 radical (unpaired) electrons. The zero-order valence-electron chi connectivity index (χ0n) is 11.4. The number of hydrogen-bond acceptors (Lipinski definition) is 5. The third kappa shape index (κ3) is 3.63. The van der Waals surface area contributed by atoms with Crippen LogP contribution in [0.1, 0.15) is 11.3 Å². The molecule has 1 aromatic heterocycles. The molecule has 2 aromatic rings. The van der Waals surface area contributed by atoms with Crippen molar-refractivity contribution in [2.24, 2.45) is 0 Å². The van der Waals surface area contributed by atoms with Crippen LogP contribution < -0.4 is 5.32 Å². The molecule has 20 heavy (non-hydrogen) atoms. The summed E-state index contributed by atoms with van der Waals surface area (Å²) in [6.07, 6.45) is 0. The lowest BCUT2D eigenvalue weighted by molar-refractivity contribution is 0.520. The number of benzene rings is 1. The Hall–Kier alpha value is -1.28. The Morgan fingerprint density at radius 3 is 2.45 bits per heavy atom. The first-order valence-electron chi connectivity index (χ1n) is 6.09. The largest absolute Gasteiger partial charge is 0.307 e. The van der Waals surface area contributed by atoms with Crippen LogP contribution in [-0.2, 0) is 23.1 Å². The fourth-order valence-electron chi connectivity index (χ4n) is 1.65. The number of sulfonamides is 1. The van der Waals surface area contributed by atoms with Crippen LogP contribution in [0.5, 0.6) is 0 Å². The van der Waals surface area contributed by atoms with Gasteiger partial charge < -0.3 is 5.32 Å². The van der Waals surface area contributed by atoms with E-state index in [1.165, 1.54) is 18.4 Å². The van der Waals surface area contributed by atoms with Gasteiger partial charge in [0.05, 0.1) is 16.1 Å². The molecule has 0 fully saturated rings. The number of thiazole rings is 1. The summed E-state index contributed by atoms with van der Waals surface area (Å²) in [5.74, 6) is 0. The Morgan fingerprint density at radius 2 is 1.90 bits per heavy atom. The van der Waals surface area contributed by atoms with E-state index in [4.69, 9.17) is 0 Å². The van der Waals surface area contributed by atoms with E-state index >= 15 is 0 Å². The van der Waals surface area contributed by atoms with Gasteiger partial charge in [0, 0.05) is 32.6 Å². The Bertz CT molecular complexity index is 635. The van der Waals surface area contributed by atoms with E-state index in [0.717, 1.165) is 11.3 Å². The van der Waals surface area contributed by atoms with Crippen molar-refractivity contribution in [2.75, 3.05) is 14.1 Å². The van der Waals surface area contributed by atoms with E-state index in [0.29, 0.717) is 18.0 Å². The van der Waals surface area contributed by atoms with E-state index in [1.54, 1.807) is 29.0 Å². The first-order valence-corrected chi connectivity index (χ1v) is 8.47. The maximum Gasteiger partial charge on any atom is 0.242 e. The van der Waals surface area contributed by atoms with Gasteiger partial charge in [0.2, 0.25) is 10.0 Å². The number of aromatic nitrogens is 1. The van der Waals surface area contributed by atoms with E-state index in [1.807, 2.05) is 17.5 Å². The number of rotatable bonds is 6. The molecule has 0 aliphatic heterocycles. The molecule has 2 rings (SSSR count). The summed E-state index contributed by atoms with van der Waals surface area (Å²) in [7, 11) is -0.292. The highest BCUT2D eigenvalue weighted by Crippen LogP contribution is 2.14. The molecule has 0 aliphatic rings. The summed E-state index contributed by atoms with van der Waals surface area (Å²) in [6.45, 7) is 1.39. The van der Waals surface area contributed by atoms with Crippen LogP contribution in [-0.4, -0.2) is 31.8 Å². The summed E-state index contributed by atoms with van der Waals surface area (Å²) < 4.78 is 25.0. The zero-order valence-corrected chi connectivity index (χ0v) is 13.0. The van der Waals surface area contributed by atoms with Crippen LogP contribution in [0.15, 0.2) is 40.1 Å². The topological polar surface area (TPSA) is 62.3 Å². The van der Waals surface area contributed by atoms with Crippen molar-refractivity contribution in [1.82, 2.24) is 14.6 Å². The van der Waals surface area contributed by atoms with E-state index in [-0.39, 0.29) is 0 Å². The molecule has 1 N–H and O–H groups in total. The molecule has 0 bridgehead atoms. The Morgan fingerprint density at radius 1 is 1.20 bits per heavy atom. The molecule has 0 spiro atoms. The summed E-state index contributed by atoms with van der Waals surface area (Å²) in [5.41, 5.74) is 3.86. The molecular formula is C13H17N3O2S2. The Kier molecular flexibility index (Phi) is 4.87. The average Bonchev–Trinajstić information content (AvgIpc) is 2.92. The van der Waals surface area contributed by atoms with Crippen LogP contribution in [0, 0.1) is 0 Å². The van der Waals surface area contributed by atoms with Crippen molar-refractivity contribution in [3.05, 3.63) is 46.4 Å². The first kappa shape index (κ1) is 15.1. The SMILES string of the molecule is CN(C)S(=O)(=O)c1ccc(CNCc2cscn2)cc1. The summed E-state index contributed by atoms with van der Waals surface area (Å²) in [5, 5.41) is 5.27. The fraction of sp³-hybridized carbons (Fsp3) is 0.308. The lowest BCUT2D eigenvalue weighted by atomic mass is 10.2. The zero-order chi connectivity index (χ0) is 14.6. The number of nitrogens with one attached hydrogen (secondary N) is 1. The minimum absolute atomic E-state index is 0.311. The van der Waals surface area contributed by atoms with Crippen LogP contribution in [0.25, 0.3) is 0 Å². The first-order chi connectivity index (χ1) is 9.50. The molecule has 0 saturated carbocycles. The van der Waals surface area contributed by atoms with Gasteiger partial charge in [0.25, 0.3) is 0 Å². The monoisotopic (exact) mass is 311 g/mol. The van der Waals surface area contributed by atoms with Crippen LogP contribution in [0.4, 0.5) is 0 Å². The molecule has 7 heteroatoms. The maximum absolute atomic E-state index is 11.9. The van der Waals surface area contributed by atoms with E-state index in [9.17, 15) is 8.42 Å². The van der Waals surface area contributed by atoms with Crippen LogP contribution in [0.2, 0.25) is 0 Å². The average molecular weight is 311 g/mol. The molecule has 5 nitrogen and oxygen atoms in total. The van der Waals surface area contributed by atoms with Gasteiger partial charge in [0.1, 0.15) is 0 Å². The van der Waals surface area contributed by atoms with Crippen molar-refractivity contribution in [3.63, 3.8) is 0 Å². The van der Waals surface area contributed by atoms with Crippen molar-refractivity contribution in [3.8, 4) is 0 Å². The smallest absolute Gasteiger partial charge is 0.242 e. The summed E-state index contributed by atoms with van der Waals surface area (Å²) in [6, 6.07) is 6.92. The fourth-order valence-corrected chi connectivity index (χ4v) is 3.11. The van der Waals surface area contributed by atoms with Crippen LogP contribution in [0.3, 0.4) is 0 Å². The van der Waals surface area contributed by atoms with Gasteiger partial charge >= 0.3 is 0 Å². The summed E-state index contributed by atoms with van der Waals surface area (Å²) >= 11 is 1.57. The quantitative estimate of drug-likeness (QED) is 0.882. The second-order valence-corrected chi connectivity index (χ2v) is 7.39. The predicted octanol–water partition coefficient (Wildman–Crippen LogP) is 1.68. The maximum atomic E-state index is 11.9. The van der Waals surface area contributed by atoms with Gasteiger partial charge in [0.15, 0.2) is 0 Å². The highest BCUT2D eigenvalue weighted by molar-refractivity contribution is 7.89. The molecule has 0 atom stereocenters. The predicted molar refractivity (Wildman–Crippen MR) is 80.0 cm³/mol. The Labute approximate surface area is 123 Å². The molecular weight excluding hydrogens is 294 g/mol. The molecule has 0 unspecified atom stereocenters. The van der Waals surface area contributed by atoms with E-state index < -0.39 is 10.0 Å². The van der Waals surface area contributed by atoms with Gasteiger partial charge in [-0.1, -0.05) is 12.1 Å². The highest BCUT2D eigenvalue weighted by atomic mass is 32.2. The number of hydrogen-bond donors (Lipinski definition) is 1. The second-order valence-electron chi connectivity index (χ2n) is 4.51. The van der Waals surface area contributed by atoms with E-state index in [2.05, 4.69) is 10.3 Å². The second kappa shape index (κ2) is 6.45. The van der Waals surface area contributed by atoms with Crippen molar-refractivity contribution < 1.29 is 8.42 Å². The van der Waals surface area contributed by atoms with Crippen LogP contribution >= 0.6 is 11.3 Å². The molecule has 1 heterocycles.